The number of aliphatic hydroxyl groups is 1. The number of hydrogen-bond donors (Lipinski definition) is 3. The van der Waals surface area contributed by atoms with Gasteiger partial charge in [-0.25, -0.2) is 9.97 Å². The van der Waals surface area contributed by atoms with Crippen LogP contribution in [0.15, 0.2) is 12.4 Å². The van der Waals surface area contributed by atoms with Crippen LogP contribution in [0.2, 0.25) is 5.15 Å². The number of anilines is 2. The maximum absolute atomic E-state index is 13.2. The van der Waals surface area contributed by atoms with Gasteiger partial charge < -0.3 is 10.4 Å². The molecule has 2 heterocycles. The summed E-state index contributed by atoms with van der Waals surface area (Å²) in [6, 6.07) is -0.198. The summed E-state index contributed by atoms with van der Waals surface area (Å²) in [6.07, 6.45) is 1.67. The Bertz CT molecular complexity index is 863. The van der Waals surface area contributed by atoms with Gasteiger partial charge in [-0.2, -0.15) is 18.3 Å². The Morgan fingerprint density at radius 2 is 2.11 bits per heavy atom. The summed E-state index contributed by atoms with van der Waals surface area (Å²) in [4.78, 5) is 7.91. The minimum absolute atomic E-state index is 0.0262. The van der Waals surface area contributed by atoms with Crippen molar-refractivity contribution in [2.24, 2.45) is 0 Å². The molecule has 0 spiro atoms. The molecule has 0 aromatic carbocycles. The number of nitrogens with zero attached hydrogens (tertiary/aromatic N) is 3. The van der Waals surface area contributed by atoms with Gasteiger partial charge in [0.05, 0.1) is 17.5 Å². The van der Waals surface area contributed by atoms with Gasteiger partial charge in [0, 0.05) is 18.5 Å². The Kier molecular flexibility index (Phi) is 4.34. The van der Waals surface area contributed by atoms with Crippen LogP contribution in [0.3, 0.4) is 0 Å². The maximum atomic E-state index is 13.2. The van der Waals surface area contributed by atoms with E-state index in [-0.39, 0.29) is 23.6 Å². The highest BCUT2D eigenvalue weighted by molar-refractivity contribution is 6.31. The van der Waals surface area contributed by atoms with E-state index in [1.165, 1.54) is 0 Å². The molecule has 2 atom stereocenters. The highest BCUT2D eigenvalue weighted by Crippen LogP contribution is 2.45. The number of rotatable bonds is 4. The zero-order chi connectivity index (χ0) is 19.4. The van der Waals surface area contributed by atoms with E-state index in [0.29, 0.717) is 30.1 Å². The van der Waals surface area contributed by atoms with Gasteiger partial charge in [0.1, 0.15) is 5.60 Å². The molecule has 2 fully saturated rings. The molecule has 10 heteroatoms. The topological polar surface area (TPSA) is 77.7 Å². The van der Waals surface area contributed by atoms with Gasteiger partial charge in [-0.1, -0.05) is 4.68 Å². The average Bonchev–Trinajstić information content (AvgIpc) is 3.29. The van der Waals surface area contributed by atoms with Crippen LogP contribution in [0, 0.1) is 0 Å². The van der Waals surface area contributed by atoms with Crippen LogP contribution in [0.1, 0.15) is 62.2 Å². The first kappa shape index (κ1) is 18.5. The van der Waals surface area contributed by atoms with Crippen molar-refractivity contribution in [3.8, 4) is 0 Å². The minimum Gasteiger partial charge on any atom is -0.383 e. The Hall–Kier alpha value is -1.87. The molecule has 2 aromatic rings. The summed E-state index contributed by atoms with van der Waals surface area (Å²) in [6.45, 7) is 1.77. The fourth-order valence-electron chi connectivity index (χ4n) is 3.69. The van der Waals surface area contributed by atoms with E-state index in [4.69, 9.17) is 11.6 Å². The number of halogens is 4. The second kappa shape index (κ2) is 6.34. The molecule has 27 heavy (non-hydrogen) atoms. The number of aromatic nitrogens is 4. The Morgan fingerprint density at radius 1 is 1.37 bits per heavy atom. The summed E-state index contributed by atoms with van der Waals surface area (Å²) in [7, 11) is 0. The van der Waals surface area contributed by atoms with Crippen LogP contribution in [-0.2, 0) is 6.18 Å². The highest BCUT2D eigenvalue weighted by atomic mass is 35.5. The van der Waals surface area contributed by atoms with Crippen molar-refractivity contribution in [2.75, 3.05) is 5.32 Å². The van der Waals surface area contributed by atoms with Crippen molar-refractivity contribution in [1.82, 2.24) is 15.1 Å². The Morgan fingerprint density at radius 3 is 2.70 bits per heavy atom. The number of alkyl halides is 3. The summed E-state index contributed by atoms with van der Waals surface area (Å²) in [5.41, 5.74) is -1.19. The molecule has 0 amide bonds. The predicted molar refractivity (Wildman–Crippen MR) is 91.8 cm³/mol. The van der Waals surface area contributed by atoms with Crippen LogP contribution in [0.25, 0.3) is 0 Å². The third-order valence-electron chi connectivity index (χ3n) is 5.31. The quantitative estimate of drug-likeness (QED) is 0.678. The normalized spacial score (nSPS) is 25.8. The van der Waals surface area contributed by atoms with E-state index in [9.17, 15) is 18.3 Å². The molecule has 6 nitrogen and oxygen atoms in total. The number of aromatic amines is 1. The first-order valence-corrected chi connectivity index (χ1v) is 9.26. The fraction of sp³-hybridized carbons (Fsp3) is 0.588. The van der Waals surface area contributed by atoms with Crippen molar-refractivity contribution in [1.29, 1.82) is 0 Å². The lowest BCUT2D eigenvalue weighted by Crippen LogP contribution is -2.50. The molecule has 0 saturated heterocycles. The molecule has 0 bridgehead atoms. The minimum atomic E-state index is -4.47. The SMILES string of the molecule is C[C@@]1(O)CCCC1[n+]1[nH]cc(Nc2ncc(C(F)(F)F)c(C3CC3)n2)c1Cl. The molecule has 2 aromatic heterocycles. The Balaban J connectivity index is 1.61. The highest BCUT2D eigenvalue weighted by Gasteiger charge is 2.46. The third kappa shape index (κ3) is 3.50. The van der Waals surface area contributed by atoms with Crippen LogP contribution >= 0.6 is 11.6 Å². The second-order valence-corrected chi connectivity index (χ2v) is 7.86. The lowest BCUT2D eigenvalue weighted by Gasteiger charge is -2.19. The van der Waals surface area contributed by atoms with E-state index >= 15 is 0 Å². The molecule has 0 radical (unpaired) electrons. The number of H-pyrrole nitrogens is 1. The summed E-state index contributed by atoms with van der Waals surface area (Å²) < 4.78 is 41.1. The summed E-state index contributed by atoms with van der Waals surface area (Å²) >= 11 is 6.42. The van der Waals surface area contributed by atoms with Crippen LogP contribution < -0.4 is 10.00 Å². The van der Waals surface area contributed by atoms with Crippen molar-refractivity contribution < 1.29 is 23.0 Å². The van der Waals surface area contributed by atoms with Gasteiger partial charge in [-0.15, -0.1) is 0 Å². The van der Waals surface area contributed by atoms with Gasteiger partial charge >= 0.3 is 11.3 Å². The van der Waals surface area contributed by atoms with Gasteiger partial charge in [0.25, 0.3) is 0 Å². The molecule has 2 aliphatic rings. The zero-order valence-corrected chi connectivity index (χ0v) is 15.4. The smallest absolute Gasteiger partial charge is 0.383 e. The van der Waals surface area contributed by atoms with E-state index in [1.807, 2.05) is 0 Å². The van der Waals surface area contributed by atoms with E-state index in [0.717, 1.165) is 19.0 Å². The predicted octanol–water partition coefficient (Wildman–Crippen LogP) is 3.86. The molecule has 146 valence electrons. The molecule has 2 aliphatic carbocycles. The molecule has 3 N–H and O–H groups in total. The van der Waals surface area contributed by atoms with Crippen LogP contribution in [0.4, 0.5) is 24.8 Å². The molecular formula is C17H20ClF3N5O+. The van der Waals surface area contributed by atoms with Crippen LogP contribution in [-0.4, -0.2) is 25.8 Å². The summed E-state index contributed by atoms with van der Waals surface area (Å²) in [5, 5.41) is 16.7. The Labute approximate surface area is 158 Å². The van der Waals surface area contributed by atoms with Gasteiger partial charge in [0.2, 0.25) is 12.0 Å². The second-order valence-electron chi connectivity index (χ2n) is 7.50. The molecule has 0 aliphatic heterocycles. The first-order valence-electron chi connectivity index (χ1n) is 8.89. The molecule has 4 rings (SSSR count). The van der Waals surface area contributed by atoms with Gasteiger partial charge in [-0.05, 0) is 44.2 Å². The monoisotopic (exact) mass is 402 g/mol. The molecular weight excluding hydrogens is 383 g/mol. The van der Waals surface area contributed by atoms with Gasteiger partial charge in [-0.3, -0.25) is 0 Å². The molecule has 2 saturated carbocycles. The number of hydrogen-bond acceptors (Lipinski definition) is 4. The lowest BCUT2D eigenvalue weighted by atomic mass is 10.0. The largest absolute Gasteiger partial charge is 0.419 e. The van der Waals surface area contributed by atoms with Crippen molar-refractivity contribution in [3.05, 3.63) is 28.8 Å². The standard InChI is InChI=1S/C17H19ClF3N5O/c1-16(27)6-2-3-12(16)26-14(18)11(8-23-26)24-15-22-7-10(17(19,20)21)13(25-15)9-4-5-9/h7-9,12,27H,2-6H2,1H3,(H,22,24,25)/p+1/t12?,16-/m1/s1. The van der Waals surface area contributed by atoms with Crippen molar-refractivity contribution >= 4 is 23.2 Å². The van der Waals surface area contributed by atoms with Crippen LogP contribution in [0.5, 0.6) is 0 Å². The van der Waals surface area contributed by atoms with Crippen molar-refractivity contribution in [2.45, 2.75) is 62.8 Å². The third-order valence-corrected chi connectivity index (χ3v) is 5.69. The van der Waals surface area contributed by atoms with Gasteiger partial charge in [0.15, 0.2) is 5.69 Å². The summed E-state index contributed by atoms with van der Waals surface area (Å²) in [5.74, 6) is -0.110. The van der Waals surface area contributed by atoms with E-state index in [2.05, 4.69) is 20.4 Å². The molecule has 1 unspecified atom stereocenters. The zero-order valence-electron chi connectivity index (χ0n) is 14.6. The lowest BCUT2D eigenvalue weighted by molar-refractivity contribution is -0.781. The maximum Gasteiger partial charge on any atom is 0.419 e. The van der Waals surface area contributed by atoms with E-state index in [1.54, 1.807) is 17.8 Å². The fourth-order valence-corrected chi connectivity index (χ4v) is 3.96. The first-order chi connectivity index (χ1) is 12.7. The van der Waals surface area contributed by atoms with Crippen molar-refractivity contribution in [3.63, 3.8) is 0 Å². The average molecular weight is 403 g/mol. The van der Waals surface area contributed by atoms with E-state index < -0.39 is 17.3 Å². The number of nitrogens with one attached hydrogen (secondary N) is 2.